The van der Waals surface area contributed by atoms with Crippen molar-refractivity contribution in [3.8, 4) is 62.1 Å². The molecule has 0 bridgehead atoms. The fraction of sp³-hybridized carbons (Fsp3) is 0. The summed E-state index contributed by atoms with van der Waals surface area (Å²) < 4.78 is 7.80. The minimum absolute atomic E-state index is 0.567. The van der Waals surface area contributed by atoms with Crippen molar-refractivity contribution in [3.63, 3.8) is 0 Å². The number of nitrogens with zero attached hydrogens (tertiary/aromatic N) is 5. The van der Waals surface area contributed by atoms with Crippen LogP contribution in [-0.2, 0) is 0 Å². The van der Waals surface area contributed by atoms with Gasteiger partial charge in [0, 0.05) is 0 Å². The third kappa shape index (κ3) is 7.58. The van der Waals surface area contributed by atoms with E-state index in [0.29, 0.717) is 23.2 Å². The van der Waals surface area contributed by atoms with E-state index < -0.39 is 13.3 Å². The number of para-hydroxylation sites is 1. The molecule has 0 amide bonds. The summed E-state index contributed by atoms with van der Waals surface area (Å²) in [5, 5.41) is 2.26. The molecule has 0 spiro atoms. The van der Waals surface area contributed by atoms with E-state index in [4.69, 9.17) is 21.5 Å². The average molecular weight is 955 g/mol. The standard InChI is InChI=1S/C64H43GeN5/c1-66-55-34-20-26-48(42-55)50-37-39-57-56-35-17-18-36-59(56)70(61(57)44-50)60-40-38-49(43-58(60)64-68-62(45-21-7-2-8-22-45)67-63(69-64)46-23-9-3-10-24-46)47-25-19-33-54(41-47)65(51-27-11-4-12-28-51,52-29-13-5-14-30-52)53-31-15-6-16-32-53/h2-44H. The van der Waals surface area contributed by atoms with Crippen LogP contribution in [0.4, 0.5) is 5.69 Å². The topological polar surface area (TPSA) is 48.0 Å². The average Bonchev–Trinajstić information content (AvgIpc) is 3.78. The van der Waals surface area contributed by atoms with E-state index in [1.54, 1.807) is 0 Å². The van der Waals surface area contributed by atoms with Crippen LogP contribution in [-0.4, -0.2) is 32.8 Å². The predicted molar refractivity (Wildman–Crippen MR) is 291 cm³/mol. The Labute approximate surface area is 409 Å². The molecule has 70 heavy (non-hydrogen) atoms. The fourth-order valence-electron chi connectivity index (χ4n) is 10.2. The monoisotopic (exact) mass is 955 g/mol. The molecule has 6 heteroatoms. The molecule has 5 nitrogen and oxygen atoms in total. The molecule has 0 atom stereocenters. The summed E-state index contributed by atoms with van der Waals surface area (Å²) in [6.45, 7) is 7.75. The zero-order valence-electron chi connectivity index (χ0n) is 38.1. The van der Waals surface area contributed by atoms with Crippen LogP contribution in [0.15, 0.2) is 261 Å². The van der Waals surface area contributed by atoms with Gasteiger partial charge in [-0.25, -0.2) is 4.85 Å². The molecule has 0 unspecified atom stereocenters. The summed E-state index contributed by atoms with van der Waals surface area (Å²) in [4.78, 5) is 19.6. The van der Waals surface area contributed by atoms with E-state index in [9.17, 15) is 0 Å². The number of rotatable bonds is 10. The Morgan fingerprint density at radius 1 is 0.329 bits per heavy atom. The van der Waals surface area contributed by atoms with Crippen LogP contribution in [0, 0.1) is 6.57 Å². The van der Waals surface area contributed by atoms with E-state index in [-0.39, 0.29) is 0 Å². The zero-order chi connectivity index (χ0) is 46.9. The summed E-state index contributed by atoms with van der Waals surface area (Å²) in [5.74, 6) is 1.76. The van der Waals surface area contributed by atoms with Gasteiger partial charge in [-0.15, -0.1) is 0 Å². The van der Waals surface area contributed by atoms with Gasteiger partial charge < -0.3 is 0 Å². The minimum Gasteiger partial charge on any atom is -0.0487 e. The van der Waals surface area contributed by atoms with Crippen molar-refractivity contribution in [2.75, 3.05) is 0 Å². The van der Waals surface area contributed by atoms with Crippen molar-refractivity contribution < 1.29 is 0 Å². The van der Waals surface area contributed by atoms with E-state index in [1.807, 2.05) is 54.6 Å². The van der Waals surface area contributed by atoms with Crippen molar-refractivity contribution in [1.82, 2.24) is 19.5 Å². The second-order valence-corrected chi connectivity index (χ2v) is 25.4. The van der Waals surface area contributed by atoms with Crippen LogP contribution in [0.25, 0.3) is 88.8 Å². The maximum Gasteiger partial charge on any atom is -0.0487 e. The van der Waals surface area contributed by atoms with Crippen LogP contribution in [0.5, 0.6) is 0 Å². The second-order valence-electron chi connectivity index (χ2n) is 17.4. The van der Waals surface area contributed by atoms with Gasteiger partial charge in [-0.3, -0.25) is 0 Å². The van der Waals surface area contributed by atoms with E-state index >= 15 is 0 Å². The number of aromatic nitrogens is 4. The molecule has 0 fully saturated rings. The molecule has 0 aliphatic heterocycles. The Kier molecular flexibility index (Phi) is 11.1. The molecule has 12 aromatic rings. The first-order valence-corrected chi connectivity index (χ1v) is 27.7. The SMILES string of the molecule is [C-]#[N+]c1cccc(-c2ccc3c4ccccc4n(-c4ccc(-c5ccc[c]([Ge]([c]6ccccc6)([c]6ccccc6)[c]6ccccc6)c5)cc4-c4nc(-c5ccccc5)nc(-c5ccccc5)n4)c3c2)c1. The predicted octanol–water partition coefficient (Wildman–Crippen LogP) is 13.2. The molecule has 0 aliphatic rings. The summed E-state index contributed by atoms with van der Waals surface area (Å²) in [6, 6.07) is 92.8. The summed E-state index contributed by atoms with van der Waals surface area (Å²) in [7, 11) is 0. The normalized spacial score (nSPS) is 11.4. The van der Waals surface area contributed by atoms with Crippen LogP contribution in [0.3, 0.4) is 0 Å². The molecular weight excluding hydrogens is 911 g/mol. The van der Waals surface area contributed by atoms with E-state index in [0.717, 1.165) is 66.4 Å². The maximum atomic E-state index is 7.75. The molecule has 0 radical (unpaired) electrons. The van der Waals surface area contributed by atoms with Crippen LogP contribution >= 0.6 is 0 Å². The van der Waals surface area contributed by atoms with Crippen LogP contribution in [0.1, 0.15) is 0 Å². The zero-order valence-corrected chi connectivity index (χ0v) is 40.2. The summed E-state index contributed by atoms with van der Waals surface area (Å²) in [5.41, 5.74) is 10.5. The van der Waals surface area contributed by atoms with Gasteiger partial charge in [-0.1, -0.05) is 30.3 Å². The van der Waals surface area contributed by atoms with Gasteiger partial charge in [-0.05, 0) is 6.07 Å². The van der Waals surface area contributed by atoms with Crippen molar-refractivity contribution in [2.45, 2.75) is 0 Å². The quantitative estimate of drug-likeness (QED) is 0.101. The molecule has 2 heterocycles. The molecule has 0 N–H and O–H groups in total. The fourth-order valence-corrected chi connectivity index (χ4v) is 20.2. The molecule has 0 aliphatic carbocycles. The van der Waals surface area contributed by atoms with Crippen molar-refractivity contribution in [1.29, 1.82) is 0 Å². The Bertz CT molecular complexity index is 3730. The molecule has 2 aromatic heterocycles. The van der Waals surface area contributed by atoms with Gasteiger partial charge in [0.2, 0.25) is 0 Å². The minimum atomic E-state index is -3.62. The first-order chi connectivity index (χ1) is 34.7. The van der Waals surface area contributed by atoms with Crippen molar-refractivity contribution >= 4 is 58.3 Å². The molecule has 12 rings (SSSR count). The number of benzene rings is 10. The van der Waals surface area contributed by atoms with Crippen molar-refractivity contribution in [3.05, 3.63) is 272 Å². The largest absolute Gasteiger partial charge is 0.0487 e. The molecule has 10 aromatic carbocycles. The smallest absolute Gasteiger partial charge is 0.0487 e. The summed E-state index contributed by atoms with van der Waals surface area (Å²) >= 11 is -3.62. The molecule has 328 valence electrons. The van der Waals surface area contributed by atoms with Crippen LogP contribution in [0.2, 0.25) is 0 Å². The van der Waals surface area contributed by atoms with Gasteiger partial charge in [-0.2, -0.15) is 0 Å². The van der Waals surface area contributed by atoms with E-state index in [1.165, 1.54) is 17.6 Å². The Hall–Kier alpha value is -8.96. The number of hydrogen-bond acceptors (Lipinski definition) is 3. The second kappa shape index (κ2) is 18.3. The van der Waals surface area contributed by atoms with Crippen LogP contribution < -0.4 is 17.6 Å². The Balaban J connectivity index is 1.14. The number of fused-ring (bicyclic) bond motifs is 3. The van der Waals surface area contributed by atoms with Crippen molar-refractivity contribution in [2.24, 2.45) is 0 Å². The first-order valence-electron chi connectivity index (χ1n) is 23.5. The van der Waals surface area contributed by atoms with Gasteiger partial charge >= 0.3 is 359 Å². The van der Waals surface area contributed by atoms with E-state index in [2.05, 4.69) is 216 Å². The third-order valence-corrected chi connectivity index (χ3v) is 23.4. The molecule has 0 saturated carbocycles. The third-order valence-electron chi connectivity index (χ3n) is 13.4. The molecule has 0 saturated heterocycles. The summed E-state index contributed by atoms with van der Waals surface area (Å²) in [6.07, 6.45) is 0. The Morgan fingerprint density at radius 3 is 1.37 bits per heavy atom. The molecular formula is C64H43GeN5. The van der Waals surface area contributed by atoms with Gasteiger partial charge in [0.15, 0.2) is 5.69 Å². The van der Waals surface area contributed by atoms with Gasteiger partial charge in [0.25, 0.3) is 0 Å². The van der Waals surface area contributed by atoms with Gasteiger partial charge in [0.1, 0.15) is 0 Å². The Morgan fingerprint density at radius 2 is 0.771 bits per heavy atom. The first kappa shape index (κ1) is 42.4. The maximum absolute atomic E-state index is 7.75. The number of hydrogen-bond donors (Lipinski definition) is 0. The van der Waals surface area contributed by atoms with Gasteiger partial charge in [0.05, 0.1) is 6.57 Å².